The molecule has 236 valence electrons. The molecule has 3 aromatic rings. The van der Waals surface area contributed by atoms with Gasteiger partial charge in [-0.3, -0.25) is 14.2 Å². The zero-order valence-corrected chi connectivity index (χ0v) is 26.4. The molecule has 1 saturated heterocycles. The number of piperazine rings is 1. The summed E-state index contributed by atoms with van der Waals surface area (Å²) in [5, 5.41) is 3.77. The molecule has 2 fully saturated rings. The van der Waals surface area contributed by atoms with Crippen LogP contribution in [0.5, 0.6) is 0 Å². The fraction of sp³-hybridized carbons (Fsp3) is 0.517. The molecule has 0 spiro atoms. The second-order valence-electron chi connectivity index (χ2n) is 12.1. The van der Waals surface area contributed by atoms with Crippen molar-refractivity contribution in [3.63, 3.8) is 0 Å². The van der Waals surface area contributed by atoms with Crippen LogP contribution < -0.4 is 20.5 Å². The number of ether oxygens (including phenoxy) is 1. The summed E-state index contributed by atoms with van der Waals surface area (Å²) in [5.74, 6) is 0.492. The number of hydrogen-bond acceptors (Lipinski definition) is 11. The molecule has 0 bridgehead atoms. The SMILES string of the molecule is CC(=O)c1c(C)c2cnc(Nc3ccc(N4CCN(S(=O)(=O)NC(=O)OC(C)(C)C)CC4)cn3)nc2n(C2CCCC2)c1=O. The van der Waals surface area contributed by atoms with Gasteiger partial charge in [0.2, 0.25) is 5.95 Å². The summed E-state index contributed by atoms with van der Waals surface area (Å²) in [5.41, 5.74) is 0.930. The van der Waals surface area contributed by atoms with E-state index in [1.165, 1.54) is 11.2 Å². The lowest BCUT2D eigenvalue weighted by Gasteiger charge is -2.35. The molecule has 1 aliphatic carbocycles. The molecule has 1 saturated carbocycles. The third-order valence-electron chi connectivity index (χ3n) is 7.79. The third-order valence-corrected chi connectivity index (χ3v) is 9.26. The maximum atomic E-state index is 13.4. The van der Waals surface area contributed by atoms with Crippen molar-refractivity contribution < 1.29 is 22.7 Å². The quantitative estimate of drug-likeness (QED) is 0.369. The van der Waals surface area contributed by atoms with Gasteiger partial charge in [-0.2, -0.15) is 17.7 Å². The Hall–Kier alpha value is -4.11. The Morgan fingerprint density at radius 1 is 1.02 bits per heavy atom. The van der Waals surface area contributed by atoms with Crippen molar-refractivity contribution in [1.82, 2.24) is 28.5 Å². The number of aromatic nitrogens is 4. The van der Waals surface area contributed by atoms with Crippen LogP contribution in [0.25, 0.3) is 11.0 Å². The largest absolute Gasteiger partial charge is 0.443 e. The lowest BCUT2D eigenvalue weighted by molar-refractivity contribution is 0.0566. The Balaban J connectivity index is 1.28. The molecule has 0 atom stereocenters. The molecule has 1 aliphatic heterocycles. The van der Waals surface area contributed by atoms with Gasteiger partial charge in [0.25, 0.3) is 5.56 Å². The van der Waals surface area contributed by atoms with E-state index in [1.54, 1.807) is 50.7 Å². The van der Waals surface area contributed by atoms with Gasteiger partial charge in [-0.15, -0.1) is 0 Å². The van der Waals surface area contributed by atoms with Gasteiger partial charge < -0.3 is 15.0 Å². The number of rotatable bonds is 7. The van der Waals surface area contributed by atoms with Crippen LogP contribution in [-0.4, -0.2) is 75.9 Å². The lowest BCUT2D eigenvalue weighted by Crippen LogP contribution is -2.53. The molecule has 14 nitrogen and oxygen atoms in total. The second kappa shape index (κ2) is 12.1. The highest BCUT2D eigenvalue weighted by atomic mass is 32.2. The van der Waals surface area contributed by atoms with E-state index >= 15 is 0 Å². The van der Waals surface area contributed by atoms with Crippen LogP contribution in [0.15, 0.2) is 29.3 Å². The van der Waals surface area contributed by atoms with Crippen molar-refractivity contribution in [2.75, 3.05) is 36.4 Å². The lowest BCUT2D eigenvalue weighted by atomic mass is 10.0. The number of carbonyl (C=O) groups is 2. The first-order valence-electron chi connectivity index (χ1n) is 14.6. The van der Waals surface area contributed by atoms with Crippen LogP contribution in [0.4, 0.5) is 22.2 Å². The predicted octanol–water partition coefficient (Wildman–Crippen LogP) is 3.45. The standard InChI is InChI=1S/C29H38N8O6S/c1-18-22-17-31-27(33-25(22)37(20-8-6-7-9-20)26(39)24(18)19(2)38)32-23-11-10-21(16-30-23)35-12-14-36(15-13-35)44(41,42)34-28(40)43-29(3,4)5/h10-11,16-17,20H,6-9,12-15H2,1-5H3,(H,34,40)(H,30,31,32,33). The summed E-state index contributed by atoms with van der Waals surface area (Å²) in [4.78, 5) is 53.4. The average molecular weight is 627 g/mol. The highest BCUT2D eigenvalue weighted by Gasteiger charge is 2.30. The maximum Gasteiger partial charge on any atom is 0.422 e. The molecule has 1 amide bonds. The number of pyridine rings is 2. The van der Waals surface area contributed by atoms with Crippen molar-refractivity contribution in [3.05, 3.63) is 46.0 Å². The van der Waals surface area contributed by atoms with Crippen molar-refractivity contribution in [2.45, 2.75) is 71.9 Å². The average Bonchev–Trinajstić information content (AvgIpc) is 3.46. The van der Waals surface area contributed by atoms with Gasteiger partial charge in [0.1, 0.15) is 17.1 Å². The van der Waals surface area contributed by atoms with E-state index < -0.39 is 21.9 Å². The number of hydrogen-bond donors (Lipinski definition) is 2. The van der Waals surface area contributed by atoms with Crippen molar-refractivity contribution in [2.24, 2.45) is 0 Å². The summed E-state index contributed by atoms with van der Waals surface area (Å²) in [6, 6.07) is 3.61. The number of nitrogens with one attached hydrogen (secondary N) is 2. The van der Waals surface area contributed by atoms with Crippen molar-refractivity contribution in [3.8, 4) is 0 Å². The zero-order chi connectivity index (χ0) is 31.8. The number of nitrogens with zero attached hydrogens (tertiary/aromatic N) is 6. The van der Waals surface area contributed by atoms with Gasteiger partial charge in [-0.25, -0.2) is 19.5 Å². The number of ketones is 1. The summed E-state index contributed by atoms with van der Waals surface area (Å²) < 4.78 is 35.2. The van der Waals surface area contributed by atoms with Crippen LogP contribution in [0.2, 0.25) is 0 Å². The third kappa shape index (κ3) is 6.68. The van der Waals surface area contributed by atoms with Crippen molar-refractivity contribution >= 4 is 50.6 Å². The topological polar surface area (TPSA) is 169 Å². The molecule has 0 unspecified atom stereocenters. The summed E-state index contributed by atoms with van der Waals surface area (Å²) in [7, 11) is -4.03. The van der Waals surface area contributed by atoms with Gasteiger partial charge in [-0.1, -0.05) is 12.8 Å². The molecular weight excluding hydrogens is 588 g/mol. The number of carbonyl (C=O) groups excluding carboxylic acids is 2. The second-order valence-corrected chi connectivity index (χ2v) is 13.8. The minimum Gasteiger partial charge on any atom is -0.443 e. The Bertz CT molecular complexity index is 1740. The molecule has 0 aromatic carbocycles. The predicted molar refractivity (Wildman–Crippen MR) is 166 cm³/mol. The fourth-order valence-corrected chi connectivity index (χ4v) is 6.75. The molecule has 44 heavy (non-hydrogen) atoms. The van der Waals surface area contributed by atoms with E-state index in [1.807, 2.05) is 15.7 Å². The van der Waals surface area contributed by atoms with Crippen LogP contribution in [0.3, 0.4) is 0 Å². The van der Waals surface area contributed by atoms with Gasteiger partial charge in [-0.05, 0) is 65.2 Å². The minimum absolute atomic E-state index is 0.0209. The fourth-order valence-electron chi connectivity index (χ4n) is 5.73. The monoisotopic (exact) mass is 626 g/mol. The molecule has 4 heterocycles. The van der Waals surface area contributed by atoms with Gasteiger partial charge in [0.15, 0.2) is 5.78 Å². The van der Waals surface area contributed by atoms with Crippen LogP contribution in [0.1, 0.15) is 75.3 Å². The Morgan fingerprint density at radius 2 is 1.70 bits per heavy atom. The first-order chi connectivity index (χ1) is 20.7. The highest BCUT2D eigenvalue weighted by Crippen LogP contribution is 2.32. The molecule has 3 aromatic heterocycles. The van der Waals surface area contributed by atoms with E-state index in [-0.39, 0.29) is 42.0 Å². The van der Waals surface area contributed by atoms with Gasteiger partial charge in [0.05, 0.1) is 17.4 Å². The van der Waals surface area contributed by atoms with E-state index in [4.69, 9.17) is 9.72 Å². The Morgan fingerprint density at radius 3 is 2.30 bits per heavy atom. The first-order valence-corrected chi connectivity index (χ1v) is 16.1. The molecule has 15 heteroatoms. The zero-order valence-electron chi connectivity index (χ0n) is 25.6. The summed E-state index contributed by atoms with van der Waals surface area (Å²) in [6.45, 7) is 9.29. The Labute approximate surface area is 256 Å². The van der Waals surface area contributed by atoms with Crippen molar-refractivity contribution in [1.29, 1.82) is 0 Å². The highest BCUT2D eigenvalue weighted by molar-refractivity contribution is 7.87. The van der Waals surface area contributed by atoms with Crippen LogP contribution >= 0.6 is 0 Å². The number of aryl methyl sites for hydroxylation is 1. The normalized spacial score (nSPS) is 16.7. The smallest absolute Gasteiger partial charge is 0.422 e. The number of amides is 1. The number of fused-ring (bicyclic) bond motifs is 1. The number of Topliss-reactive ketones (excluding diaryl/α,β-unsaturated/α-hetero) is 1. The first kappa shape index (κ1) is 31.3. The molecule has 2 N–H and O–H groups in total. The van der Waals surface area contributed by atoms with E-state index in [0.717, 1.165) is 31.4 Å². The molecule has 0 radical (unpaired) electrons. The Kier molecular flexibility index (Phi) is 8.62. The maximum absolute atomic E-state index is 13.4. The number of anilines is 3. The van der Waals surface area contributed by atoms with E-state index in [2.05, 4.69) is 15.3 Å². The molecule has 5 rings (SSSR count). The van der Waals surface area contributed by atoms with Crippen LogP contribution in [-0.2, 0) is 14.9 Å². The van der Waals surface area contributed by atoms with E-state index in [9.17, 15) is 22.8 Å². The van der Waals surface area contributed by atoms with Gasteiger partial charge in [0, 0.05) is 43.8 Å². The molecular formula is C29H38N8O6S. The van der Waals surface area contributed by atoms with Crippen LogP contribution in [0, 0.1) is 6.92 Å². The minimum atomic E-state index is -4.03. The molecule has 2 aliphatic rings. The summed E-state index contributed by atoms with van der Waals surface area (Å²) >= 11 is 0. The van der Waals surface area contributed by atoms with Gasteiger partial charge >= 0.3 is 16.3 Å². The summed E-state index contributed by atoms with van der Waals surface area (Å²) in [6.07, 6.45) is 6.03. The van der Waals surface area contributed by atoms with E-state index in [0.29, 0.717) is 35.5 Å².